The summed E-state index contributed by atoms with van der Waals surface area (Å²) in [5.41, 5.74) is 2.87. The number of ether oxygens (including phenoxy) is 3. The topological polar surface area (TPSA) is 133 Å². The molecule has 3 fully saturated rings. The lowest BCUT2D eigenvalue weighted by Crippen LogP contribution is -2.68. The van der Waals surface area contributed by atoms with Crippen molar-refractivity contribution in [3.63, 3.8) is 0 Å². The van der Waals surface area contributed by atoms with E-state index in [0.717, 1.165) is 51.6 Å². The highest BCUT2D eigenvalue weighted by atomic mass is 19.4. The zero-order chi connectivity index (χ0) is 33.6. The molecule has 11 nitrogen and oxygen atoms in total. The molecule has 47 heavy (non-hydrogen) atoms. The van der Waals surface area contributed by atoms with Gasteiger partial charge in [0.2, 0.25) is 5.88 Å². The number of anilines is 2. The minimum absolute atomic E-state index is 0.0276. The highest BCUT2D eigenvalue weighted by Gasteiger charge is 2.53. The summed E-state index contributed by atoms with van der Waals surface area (Å²) in [6.07, 6.45) is -1.64. The van der Waals surface area contributed by atoms with Gasteiger partial charge in [-0.1, -0.05) is 13.8 Å². The van der Waals surface area contributed by atoms with Gasteiger partial charge in [-0.05, 0) is 45.7 Å². The number of nitrogens with zero attached hydrogens (tertiary/aromatic N) is 5. The zero-order valence-electron chi connectivity index (χ0n) is 27.2. The Labute approximate surface area is 271 Å². The number of alkyl halides is 3. The monoisotopic (exact) mass is 662 g/mol. The minimum atomic E-state index is -4.85. The third kappa shape index (κ3) is 6.74. The number of halogens is 4. The van der Waals surface area contributed by atoms with Crippen LogP contribution in [0.25, 0.3) is 22.2 Å². The molecule has 1 aliphatic carbocycles. The van der Waals surface area contributed by atoms with E-state index in [4.69, 9.17) is 19.9 Å². The summed E-state index contributed by atoms with van der Waals surface area (Å²) in [5, 5.41) is 6.61. The quantitative estimate of drug-likeness (QED) is 0.309. The Hall–Kier alpha value is -3.56. The summed E-state index contributed by atoms with van der Waals surface area (Å²) in [4.78, 5) is 19.5. The molecule has 3 aromatic heterocycles. The molecule has 4 N–H and O–H groups in total. The molecule has 1 unspecified atom stereocenters. The second kappa shape index (κ2) is 12.8. The SMILES string of the molecule is CC.Cc1nc(N)cc(-c2nc3c4c(nc(OCC5(CN6CC7(CCO7)C6)CC5)nc4c2F)NCCNCCC(C)O3)c1C(F)(F)F. The van der Waals surface area contributed by atoms with E-state index < -0.39 is 40.6 Å². The molecule has 0 aromatic carbocycles. The van der Waals surface area contributed by atoms with Crippen molar-refractivity contribution in [2.75, 3.05) is 63.5 Å². The molecule has 1 atom stereocenters. The average Bonchev–Trinajstić information content (AvgIpc) is 3.75. The minimum Gasteiger partial charge on any atom is -0.474 e. The molecular weight excluding hydrogens is 620 g/mol. The Kier molecular flexibility index (Phi) is 9.09. The van der Waals surface area contributed by atoms with Crippen molar-refractivity contribution in [2.45, 2.75) is 71.3 Å². The highest BCUT2D eigenvalue weighted by Crippen LogP contribution is 2.49. The van der Waals surface area contributed by atoms with Crippen molar-refractivity contribution in [1.29, 1.82) is 0 Å². The summed E-state index contributed by atoms with van der Waals surface area (Å²) in [7, 11) is 0. The van der Waals surface area contributed by atoms with Crippen molar-refractivity contribution >= 4 is 22.5 Å². The Balaban J connectivity index is 0.00000190. The smallest absolute Gasteiger partial charge is 0.418 e. The second-order valence-electron chi connectivity index (χ2n) is 12.8. The number of likely N-dealkylation sites (tertiary alicyclic amines) is 1. The molecule has 3 aromatic rings. The number of rotatable bonds is 6. The predicted octanol–water partition coefficient (Wildman–Crippen LogP) is 4.97. The van der Waals surface area contributed by atoms with Gasteiger partial charge in [0.1, 0.15) is 28.2 Å². The van der Waals surface area contributed by atoms with E-state index in [1.165, 1.54) is 6.92 Å². The van der Waals surface area contributed by atoms with Gasteiger partial charge in [-0.3, -0.25) is 4.90 Å². The fourth-order valence-corrected chi connectivity index (χ4v) is 6.50. The lowest BCUT2D eigenvalue weighted by Gasteiger charge is -2.56. The molecule has 3 aliphatic heterocycles. The van der Waals surface area contributed by atoms with E-state index in [1.54, 1.807) is 0 Å². The van der Waals surface area contributed by atoms with Crippen molar-refractivity contribution in [2.24, 2.45) is 5.41 Å². The van der Waals surface area contributed by atoms with Crippen molar-refractivity contribution in [1.82, 2.24) is 30.2 Å². The molecule has 1 spiro atoms. The van der Waals surface area contributed by atoms with Gasteiger partial charge in [-0.25, -0.2) is 14.4 Å². The van der Waals surface area contributed by atoms with Crippen LogP contribution in [0.4, 0.5) is 29.2 Å². The maximum atomic E-state index is 16.6. The van der Waals surface area contributed by atoms with E-state index >= 15 is 4.39 Å². The predicted molar refractivity (Wildman–Crippen MR) is 169 cm³/mol. The summed E-state index contributed by atoms with van der Waals surface area (Å²) in [5.74, 6) is -1.15. The number of aromatic nitrogens is 4. The van der Waals surface area contributed by atoms with Crippen LogP contribution < -0.4 is 25.8 Å². The molecule has 2 saturated heterocycles. The van der Waals surface area contributed by atoms with Crippen LogP contribution in [-0.2, 0) is 10.9 Å². The number of nitrogens with two attached hydrogens (primary N) is 1. The molecule has 0 amide bonds. The maximum Gasteiger partial charge on any atom is 0.418 e. The van der Waals surface area contributed by atoms with Crippen LogP contribution in [-0.4, -0.2) is 89.0 Å². The third-order valence-corrected chi connectivity index (χ3v) is 9.14. The number of pyridine rings is 2. The maximum absolute atomic E-state index is 16.6. The average molecular weight is 663 g/mol. The lowest BCUT2D eigenvalue weighted by atomic mass is 9.85. The number of nitrogen functional groups attached to an aromatic ring is 1. The number of hydrogen-bond acceptors (Lipinski definition) is 11. The second-order valence-corrected chi connectivity index (χ2v) is 12.8. The lowest BCUT2D eigenvalue weighted by molar-refractivity contribution is -0.224. The van der Waals surface area contributed by atoms with Gasteiger partial charge in [0.25, 0.3) is 0 Å². The zero-order valence-corrected chi connectivity index (χ0v) is 27.2. The van der Waals surface area contributed by atoms with Gasteiger partial charge in [-0.15, -0.1) is 0 Å². The van der Waals surface area contributed by atoms with Gasteiger partial charge in [-0.2, -0.15) is 23.1 Å². The Morgan fingerprint density at radius 2 is 1.83 bits per heavy atom. The molecule has 0 radical (unpaired) electrons. The molecule has 0 bridgehead atoms. The van der Waals surface area contributed by atoms with Gasteiger partial charge >= 0.3 is 12.2 Å². The Bertz CT molecular complexity index is 1620. The highest BCUT2D eigenvalue weighted by molar-refractivity contribution is 5.96. The standard InChI is InChI=1S/C30H36F4N8O3.C2H6/c1-16-3-7-36-8-9-37-25-20-24(40-27(41-25)43-15-28(4-5-28)12-42-13-29(14-42)6-10-44-29)22(31)23(39-26(20)45-16)18-11-19(35)38-17(2)21(18)30(32,33)34;1-2/h11,16,36H,3-10,12-15H2,1-2H3,(H2,35,38)(H,37,40,41);1-2H3. The van der Waals surface area contributed by atoms with Crippen LogP contribution in [0.1, 0.15) is 57.7 Å². The first kappa shape index (κ1) is 33.3. The van der Waals surface area contributed by atoms with E-state index in [2.05, 4.69) is 35.5 Å². The first-order chi connectivity index (χ1) is 22.4. The van der Waals surface area contributed by atoms with Crippen molar-refractivity contribution < 1.29 is 31.8 Å². The molecule has 7 rings (SSSR count). The van der Waals surface area contributed by atoms with Crippen LogP contribution in [0, 0.1) is 18.2 Å². The van der Waals surface area contributed by atoms with Gasteiger partial charge in [0, 0.05) is 50.1 Å². The molecule has 1 saturated carbocycles. The summed E-state index contributed by atoms with van der Waals surface area (Å²) < 4.78 is 77.4. The number of aryl methyl sites for hydroxylation is 1. The summed E-state index contributed by atoms with van der Waals surface area (Å²) in [6, 6.07) is 0.889. The molecular formula is C32H42F4N8O3. The van der Waals surface area contributed by atoms with Crippen molar-refractivity contribution in [3.05, 3.63) is 23.1 Å². The molecule has 4 aliphatic rings. The van der Waals surface area contributed by atoms with Crippen molar-refractivity contribution in [3.8, 4) is 23.1 Å². The Morgan fingerprint density at radius 1 is 1.09 bits per heavy atom. The number of hydrogen-bond donors (Lipinski definition) is 3. The Morgan fingerprint density at radius 3 is 2.49 bits per heavy atom. The summed E-state index contributed by atoms with van der Waals surface area (Å²) >= 11 is 0. The van der Waals surface area contributed by atoms with E-state index in [9.17, 15) is 13.2 Å². The largest absolute Gasteiger partial charge is 0.474 e. The van der Waals surface area contributed by atoms with Gasteiger partial charge in [0.05, 0.1) is 36.2 Å². The van der Waals surface area contributed by atoms with Gasteiger partial charge < -0.3 is 30.6 Å². The summed E-state index contributed by atoms with van der Waals surface area (Å²) in [6.45, 7) is 12.4. The number of nitrogens with one attached hydrogen (secondary N) is 2. The first-order valence-electron chi connectivity index (χ1n) is 16.3. The normalized spacial score (nSPS) is 21.7. The van der Waals surface area contributed by atoms with Crippen LogP contribution in [0.5, 0.6) is 11.9 Å². The van der Waals surface area contributed by atoms with Crippen LogP contribution in [0.3, 0.4) is 0 Å². The molecule has 15 heteroatoms. The third-order valence-electron chi connectivity index (χ3n) is 9.14. The van der Waals surface area contributed by atoms with Crippen LogP contribution in [0.2, 0.25) is 0 Å². The fraction of sp³-hybridized carbons (Fsp3) is 0.625. The molecule has 256 valence electrons. The fourth-order valence-electron chi connectivity index (χ4n) is 6.50. The van der Waals surface area contributed by atoms with E-state index in [1.807, 2.05) is 20.8 Å². The van der Waals surface area contributed by atoms with E-state index in [0.29, 0.717) is 32.7 Å². The van der Waals surface area contributed by atoms with Gasteiger partial charge in [0.15, 0.2) is 5.82 Å². The first-order valence-corrected chi connectivity index (χ1v) is 16.3. The molecule has 6 heterocycles. The van der Waals surface area contributed by atoms with E-state index in [-0.39, 0.29) is 45.4 Å². The van der Waals surface area contributed by atoms with Crippen LogP contribution >= 0.6 is 0 Å². The van der Waals surface area contributed by atoms with Crippen LogP contribution in [0.15, 0.2) is 6.07 Å².